The molecule has 0 spiro atoms. The van der Waals surface area contributed by atoms with E-state index in [0.717, 1.165) is 18.7 Å². The van der Waals surface area contributed by atoms with E-state index in [1.807, 2.05) is 19.1 Å². The number of hydrogen-bond donors (Lipinski definition) is 0. The zero-order valence-corrected chi connectivity index (χ0v) is 13.5. The van der Waals surface area contributed by atoms with Gasteiger partial charge < -0.3 is 0 Å². The van der Waals surface area contributed by atoms with Gasteiger partial charge in [-0.2, -0.15) is 0 Å². The summed E-state index contributed by atoms with van der Waals surface area (Å²) in [5.74, 6) is -0.120. The summed E-state index contributed by atoms with van der Waals surface area (Å²) in [6.45, 7) is 6.20. The molecule has 1 aliphatic heterocycles. The van der Waals surface area contributed by atoms with Crippen LogP contribution in [0.2, 0.25) is 0 Å². The molecule has 1 saturated heterocycles. The number of halogens is 1. The lowest BCUT2D eigenvalue weighted by atomic mass is 9.93. The molecule has 0 aliphatic carbocycles. The van der Waals surface area contributed by atoms with Gasteiger partial charge in [-0.1, -0.05) is 48.4 Å². The number of piperidine rings is 1. The molecule has 1 aliphatic rings. The first-order valence-electron chi connectivity index (χ1n) is 8.22. The highest BCUT2D eigenvalue weighted by molar-refractivity contribution is 5.36. The third-order valence-corrected chi connectivity index (χ3v) is 4.65. The molecular formula is C20H24FN. The maximum absolute atomic E-state index is 13.6. The number of aryl methyl sites for hydroxylation is 2. The van der Waals surface area contributed by atoms with Crippen LogP contribution >= 0.6 is 0 Å². The molecular weight excluding hydrogens is 273 g/mol. The van der Waals surface area contributed by atoms with Gasteiger partial charge in [0.05, 0.1) is 6.04 Å². The smallest absolute Gasteiger partial charge is 0.126 e. The summed E-state index contributed by atoms with van der Waals surface area (Å²) < 4.78 is 13.6. The third kappa shape index (κ3) is 3.22. The molecule has 22 heavy (non-hydrogen) atoms. The summed E-state index contributed by atoms with van der Waals surface area (Å²) in [7, 11) is 0. The molecule has 1 atom stereocenters. The van der Waals surface area contributed by atoms with Crippen molar-refractivity contribution in [3.63, 3.8) is 0 Å². The lowest BCUT2D eigenvalue weighted by Crippen LogP contribution is -2.34. The van der Waals surface area contributed by atoms with Gasteiger partial charge in [0.15, 0.2) is 0 Å². The van der Waals surface area contributed by atoms with E-state index in [9.17, 15) is 4.39 Å². The lowest BCUT2D eigenvalue weighted by Gasteiger charge is -2.35. The van der Waals surface area contributed by atoms with Crippen LogP contribution in [0.15, 0.2) is 42.5 Å². The highest BCUT2D eigenvalue weighted by Gasteiger charge is 2.24. The van der Waals surface area contributed by atoms with Crippen molar-refractivity contribution < 1.29 is 4.39 Å². The van der Waals surface area contributed by atoms with E-state index in [0.29, 0.717) is 0 Å². The SMILES string of the molecule is Cc1ccc(C(c2ccc(F)c(C)c2)N2CCCCC2)cc1. The summed E-state index contributed by atoms with van der Waals surface area (Å²) in [5, 5.41) is 0. The number of rotatable bonds is 3. The minimum Gasteiger partial charge on any atom is -0.292 e. The van der Waals surface area contributed by atoms with E-state index in [2.05, 4.69) is 36.1 Å². The van der Waals surface area contributed by atoms with Crippen molar-refractivity contribution in [3.05, 3.63) is 70.5 Å². The fraction of sp³-hybridized carbons (Fsp3) is 0.400. The van der Waals surface area contributed by atoms with Crippen LogP contribution in [0.25, 0.3) is 0 Å². The van der Waals surface area contributed by atoms with Gasteiger partial charge in [0.2, 0.25) is 0 Å². The molecule has 1 nitrogen and oxygen atoms in total. The average molecular weight is 297 g/mol. The van der Waals surface area contributed by atoms with Crippen LogP contribution in [0.3, 0.4) is 0 Å². The highest BCUT2D eigenvalue weighted by atomic mass is 19.1. The molecule has 0 bridgehead atoms. The first-order chi connectivity index (χ1) is 10.6. The summed E-state index contributed by atoms with van der Waals surface area (Å²) in [6, 6.07) is 14.6. The summed E-state index contributed by atoms with van der Waals surface area (Å²) in [6.07, 6.45) is 3.82. The first-order valence-corrected chi connectivity index (χ1v) is 8.22. The molecule has 1 heterocycles. The molecule has 1 unspecified atom stereocenters. The van der Waals surface area contributed by atoms with Gasteiger partial charge in [-0.3, -0.25) is 4.90 Å². The quantitative estimate of drug-likeness (QED) is 0.769. The van der Waals surface area contributed by atoms with E-state index in [4.69, 9.17) is 0 Å². The van der Waals surface area contributed by atoms with Crippen molar-refractivity contribution in [1.82, 2.24) is 4.90 Å². The zero-order valence-electron chi connectivity index (χ0n) is 13.5. The molecule has 0 radical (unpaired) electrons. The second-order valence-corrected chi connectivity index (χ2v) is 6.42. The van der Waals surface area contributed by atoms with Gasteiger partial charge in [-0.05, 0) is 62.5 Å². The molecule has 2 aromatic carbocycles. The van der Waals surface area contributed by atoms with Gasteiger partial charge >= 0.3 is 0 Å². The van der Waals surface area contributed by atoms with Crippen molar-refractivity contribution >= 4 is 0 Å². The predicted octanol–water partition coefficient (Wildman–Crippen LogP) is 5.02. The summed E-state index contributed by atoms with van der Waals surface area (Å²) in [5.41, 5.74) is 4.51. The fourth-order valence-electron chi connectivity index (χ4n) is 3.38. The molecule has 2 aromatic rings. The van der Waals surface area contributed by atoms with Gasteiger partial charge in [-0.15, -0.1) is 0 Å². The van der Waals surface area contributed by atoms with Crippen molar-refractivity contribution in [3.8, 4) is 0 Å². The van der Waals surface area contributed by atoms with Gasteiger partial charge in [0.1, 0.15) is 5.82 Å². The Balaban J connectivity index is 2.01. The second-order valence-electron chi connectivity index (χ2n) is 6.42. The standard InChI is InChI=1S/C20H24FN/c1-15-6-8-17(9-7-15)20(22-12-4-3-5-13-22)18-10-11-19(21)16(2)14-18/h6-11,14,20H,3-5,12-13H2,1-2H3. The Hall–Kier alpha value is -1.67. The molecule has 3 rings (SSSR count). The van der Waals surface area contributed by atoms with Gasteiger partial charge in [-0.25, -0.2) is 4.39 Å². The topological polar surface area (TPSA) is 3.24 Å². The number of likely N-dealkylation sites (tertiary alicyclic amines) is 1. The third-order valence-electron chi connectivity index (χ3n) is 4.65. The minimum absolute atomic E-state index is 0.120. The van der Waals surface area contributed by atoms with Crippen LogP contribution < -0.4 is 0 Å². The summed E-state index contributed by atoms with van der Waals surface area (Å²) in [4.78, 5) is 2.54. The van der Waals surface area contributed by atoms with E-state index >= 15 is 0 Å². The maximum atomic E-state index is 13.6. The fourth-order valence-corrected chi connectivity index (χ4v) is 3.38. The van der Waals surface area contributed by atoms with Crippen LogP contribution in [0.1, 0.15) is 47.6 Å². The Morgan fingerprint density at radius 1 is 0.864 bits per heavy atom. The second kappa shape index (κ2) is 6.62. The highest BCUT2D eigenvalue weighted by Crippen LogP contribution is 2.32. The average Bonchev–Trinajstić information content (AvgIpc) is 2.54. The lowest BCUT2D eigenvalue weighted by molar-refractivity contribution is 0.187. The van der Waals surface area contributed by atoms with Crippen molar-refractivity contribution in [1.29, 1.82) is 0 Å². The van der Waals surface area contributed by atoms with Gasteiger partial charge in [0.25, 0.3) is 0 Å². The molecule has 116 valence electrons. The monoisotopic (exact) mass is 297 g/mol. The normalized spacial score (nSPS) is 17.4. The largest absolute Gasteiger partial charge is 0.292 e. The van der Waals surface area contributed by atoms with Crippen LogP contribution in [0, 0.1) is 19.7 Å². The van der Waals surface area contributed by atoms with E-state index in [1.54, 1.807) is 6.07 Å². The molecule has 0 aromatic heterocycles. The first kappa shape index (κ1) is 15.2. The zero-order chi connectivity index (χ0) is 15.5. The summed E-state index contributed by atoms with van der Waals surface area (Å²) >= 11 is 0. The van der Waals surface area contributed by atoms with E-state index < -0.39 is 0 Å². The molecule has 0 amide bonds. The van der Waals surface area contributed by atoms with E-state index in [1.165, 1.54) is 36.0 Å². The maximum Gasteiger partial charge on any atom is 0.126 e. The van der Waals surface area contributed by atoms with Crippen molar-refractivity contribution in [2.24, 2.45) is 0 Å². The molecule has 2 heteroatoms. The Morgan fingerprint density at radius 3 is 2.14 bits per heavy atom. The van der Waals surface area contributed by atoms with Gasteiger partial charge in [0, 0.05) is 0 Å². The van der Waals surface area contributed by atoms with Crippen LogP contribution in [-0.4, -0.2) is 18.0 Å². The Morgan fingerprint density at radius 2 is 1.50 bits per heavy atom. The van der Waals surface area contributed by atoms with E-state index in [-0.39, 0.29) is 11.9 Å². The van der Waals surface area contributed by atoms with Crippen LogP contribution in [0.5, 0.6) is 0 Å². The molecule has 1 fully saturated rings. The Labute approximate surface area is 132 Å². The molecule has 0 saturated carbocycles. The van der Waals surface area contributed by atoms with Crippen LogP contribution in [0.4, 0.5) is 4.39 Å². The Bertz CT molecular complexity index is 627. The number of nitrogens with zero attached hydrogens (tertiary/aromatic N) is 1. The predicted molar refractivity (Wildman–Crippen MR) is 89.6 cm³/mol. The van der Waals surface area contributed by atoms with Crippen LogP contribution in [-0.2, 0) is 0 Å². The molecule has 0 N–H and O–H groups in total. The minimum atomic E-state index is -0.120. The Kier molecular flexibility index (Phi) is 4.58. The number of hydrogen-bond acceptors (Lipinski definition) is 1. The number of benzene rings is 2. The van der Waals surface area contributed by atoms with Crippen molar-refractivity contribution in [2.75, 3.05) is 13.1 Å². The van der Waals surface area contributed by atoms with Crippen molar-refractivity contribution in [2.45, 2.75) is 39.2 Å².